The van der Waals surface area contributed by atoms with Gasteiger partial charge in [-0.15, -0.1) is 0 Å². The minimum Gasteiger partial charge on any atom is -0.482 e. The zero-order chi connectivity index (χ0) is 18.5. The van der Waals surface area contributed by atoms with Crippen molar-refractivity contribution in [3.63, 3.8) is 0 Å². The first-order valence-corrected chi connectivity index (χ1v) is 9.65. The van der Waals surface area contributed by atoms with Gasteiger partial charge in [-0.25, -0.2) is 4.68 Å². The summed E-state index contributed by atoms with van der Waals surface area (Å²) in [6.07, 6.45) is 2.31. The largest absolute Gasteiger partial charge is 0.482 e. The molecule has 7 nitrogen and oxygen atoms in total. The molecule has 1 saturated carbocycles. The summed E-state index contributed by atoms with van der Waals surface area (Å²) in [6, 6.07) is 5.52. The van der Waals surface area contributed by atoms with E-state index in [1.165, 1.54) is 0 Å². The van der Waals surface area contributed by atoms with Gasteiger partial charge in [0.05, 0.1) is 37.6 Å². The van der Waals surface area contributed by atoms with Crippen molar-refractivity contribution in [1.82, 2.24) is 9.36 Å². The maximum Gasteiger partial charge on any atom is 0.276 e. The zero-order valence-corrected chi connectivity index (χ0v) is 15.6. The number of rotatable bonds is 3. The van der Waals surface area contributed by atoms with Crippen LogP contribution in [0.5, 0.6) is 5.75 Å². The Labute approximate surface area is 161 Å². The van der Waals surface area contributed by atoms with Crippen LogP contribution >= 0.6 is 11.6 Å². The lowest BCUT2D eigenvalue weighted by molar-refractivity contribution is -0.121. The lowest BCUT2D eigenvalue weighted by Gasteiger charge is -2.29. The van der Waals surface area contributed by atoms with Crippen molar-refractivity contribution >= 4 is 23.2 Å². The molecule has 2 aromatic rings. The van der Waals surface area contributed by atoms with E-state index >= 15 is 0 Å². The molecule has 0 saturated heterocycles. The third kappa shape index (κ3) is 2.85. The minimum absolute atomic E-state index is 0.0424. The number of halogens is 1. The standard InChI is InChI=1S/C19H20ClN3O4/c20-18-17(19(25)23-6-8-26-7-5-22(18)23)13-3-4-15-14(9-13)21(10-12-1-2-12)16(24)11-27-15/h3-4,9,12H,1-2,5-8,10-11H2. The van der Waals surface area contributed by atoms with Crippen molar-refractivity contribution in [2.24, 2.45) is 5.92 Å². The van der Waals surface area contributed by atoms with Gasteiger partial charge in [-0.3, -0.25) is 14.3 Å². The molecule has 1 fully saturated rings. The number of aromatic nitrogens is 2. The van der Waals surface area contributed by atoms with E-state index in [4.69, 9.17) is 21.1 Å². The third-order valence-corrected chi connectivity index (χ3v) is 5.78. The fraction of sp³-hybridized carbons (Fsp3) is 0.474. The summed E-state index contributed by atoms with van der Waals surface area (Å²) in [5.41, 5.74) is 1.76. The van der Waals surface area contributed by atoms with E-state index in [1.807, 2.05) is 18.2 Å². The number of carbonyl (C=O) groups excluding carboxylic acids is 1. The molecule has 1 aromatic heterocycles. The van der Waals surface area contributed by atoms with Crippen LogP contribution in [0.25, 0.3) is 11.1 Å². The maximum atomic E-state index is 13.0. The van der Waals surface area contributed by atoms with Crippen LogP contribution in [0.1, 0.15) is 12.8 Å². The van der Waals surface area contributed by atoms with E-state index < -0.39 is 0 Å². The number of anilines is 1. The quantitative estimate of drug-likeness (QED) is 0.806. The third-order valence-electron chi connectivity index (χ3n) is 5.40. The summed E-state index contributed by atoms with van der Waals surface area (Å²) >= 11 is 6.57. The zero-order valence-electron chi connectivity index (χ0n) is 14.8. The van der Waals surface area contributed by atoms with Crippen molar-refractivity contribution in [3.8, 4) is 16.9 Å². The Morgan fingerprint density at radius 2 is 1.89 bits per heavy atom. The normalized spacial score (nSPS) is 19.3. The lowest BCUT2D eigenvalue weighted by Crippen LogP contribution is -2.40. The van der Waals surface area contributed by atoms with Crippen molar-refractivity contribution < 1.29 is 14.3 Å². The number of benzene rings is 1. The lowest BCUT2D eigenvalue weighted by atomic mass is 10.1. The van der Waals surface area contributed by atoms with Crippen molar-refractivity contribution in [1.29, 1.82) is 0 Å². The van der Waals surface area contributed by atoms with E-state index in [0.717, 1.165) is 18.5 Å². The fourth-order valence-electron chi connectivity index (χ4n) is 3.77. The number of ether oxygens (including phenoxy) is 2. The SMILES string of the molecule is O=C1COc2ccc(-c3c(Cl)n4n(c3=O)CCOCC4)cc2N1CC1CC1. The predicted octanol–water partition coefficient (Wildman–Crippen LogP) is 2.14. The molecule has 0 N–H and O–H groups in total. The highest BCUT2D eigenvalue weighted by Gasteiger charge is 2.32. The molecule has 0 spiro atoms. The maximum absolute atomic E-state index is 13.0. The van der Waals surface area contributed by atoms with Crippen LogP contribution in [0.3, 0.4) is 0 Å². The van der Waals surface area contributed by atoms with Crippen LogP contribution in [0.4, 0.5) is 5.69 Å². The van der Waals surface area contributed by atoms with Gasteiger partial charge in [0.15, 0.2) is 6.61 Å². The van der Waals surface area contributed by atoms with Gasteiger partial charge < -0.3 is 14.4 Å². The summed E-state index contributed by atoms with van der Waals surface area (Å²) in [4.78, 5) is 27.2. The van der Waals surface area contributed by atoms with Gasteiger partial charge in [0.1, 0.15) is 10.9 Å². The minimum atomic E-state index is -0.137. The molecule has 8 heteroatoms. The first-order valence-electron chi connectivity index (χ1n) is 9.28. The highest BCUT2D eigenvalue weighted by molar-refractivity contribution is 6.32. The van der Waals surface area contributed by atoms with Gasteiger partial charge in [-0.2, -0.15) is 0 Å². The average molecular weight is 390 g/mol. The second-order valence-corrected chi connectivity index (χ2v) is 7.61. The predicted molar refractivity (Wildman–Crippen MR) is 101 cm³/mol. The van der Waals surface area contributed by atoms with Crippen molar-refractivity contribution in [2.75, 3.05) is 31.3 Å². The molecule has 5 rings (SSSR count). The van der Waals surface area contributed by atoms with Gasteiger partial charge in [0, 0.05) is 6.54 Å². The second-order valence-electron chi connectivity index (χ2n) is 7.25. The summed E-state index contributed by atoms with van der Waals surface area (Å²) < 4.78 is 14.4. The van der Waals surface area contributed by atoms with Gasteiger partial charge in [0.2, 0.25) is 0 Å². The molecule has 0 unspecified atom stereocenters. The van der Waals surface area contributed by atoms with Gasteiger partial charge in [-0.05, 0) is 36.5 Å². The number of hydrogen-bond acceptors (Lipinski definition) is 4. The van der Waals surface area contributed by atoms with Crippen LogP contribution in [0, 0.1) is 5.92 Å². The van der Waals surface area contributed by atoms with Crippen LogP contribution in [-0.4, -0.2) is 41.6 Å². The molecule has 27 heavy (non-hydrogen) atoms. The molecule has 3 heterocycles. The van der Waals surface area contributed by atoms with Crippen LogP contribution in [-0.2, 0) is 22.6 Å². The van der Waals surface area contributed by atoms with Gasteiger partial charge in [0.25, 0.3) is 11.5 Å². The molecule has 0 atom stereocenters. The molecule has 1 aliphatic carbocycles. The highest BCUT2D eigenvalue weighted by Crippen LogP contribution is 2.40. The Morgan fingerprint density at radius 3 is 2.67 bits per heavy atom. The smallest absolute Gasteiger partial charge is 0.276 e. The molecule has 0 radical (unpaired) electrons. The van der Waals surface area contributed by atoms with Gasteiger partial charge in [-0.1, -0.05) is 17.7 Å². The summed E-state index contributed by atoms with van der Waals surface area (Å²) in [5.74, 6) is 1.19. The fourth-order valence-corrected chi connectivity index (χ4v) is 4.13. The van der Waals surface area contributed by atoms with Gasteiger partial charge >= 0.3 is 0 Å². The first-order chi connectivity index (χ1) is 13.1. The Kier molecular flexibility index (Phi) is 4.02. The molecule has 0 bridgehead atoms. The van der Waals surface area contributed by atoms with E-state index in [9.17, 15) is 9.59 Å². The second kappa shape index (κ2) is 6.42. The average Bonchev–Trinajstić information content (AvgIpc) is 3.47. The van der Waals surface area contributed by atoms with Crippen molar-refractivity contribution in [3.05, 3.63) is 33.7 Å². The number of carbonyl (C=O) groups is 1. The van der Waals surface area contributed by atoms with Crippen LogP contribution in [0.15, 0.2) is 23.0 Å². The molecule has 3 aliphatic rings. The van der Waals surface area contributed by atoms with E-state index in [-0.39, 0.29) is 18.1 Å². The Hall–Kier alpha value is -2.25. The van der Waals surface area contributed by atoms with E-state index in [0.29, 0.717) is 60.8 Å². The van der Waals surface area contributed by atoms with Crippen molar-refractivity contribution in [2.45, 2.75) is 25.9 Å². The molecular formula is C19H20ClN3O4. The number of hydrogen-bond donors (Lipinski definition) is 0. The van der Waals surface area contributed by atoms with Crippen LogP contribution in [0.2, 0.25) is 5.15 Å². The topological polar surface area (TPSA) is 65.7 Å². The molecule has 142 valence electrons. The Morgan fingerprint density at radius 1 is 1.11 bits per heavy atom. The summed E-state index contributed by atoms with van der Waals surface area (Å²) in [7, 11) is 0. The highest BCUT2D eigenvalue weighted by atomic mass is 35.5. The Bertz CT molecular complexity index is 976. The molecule has 1 aromatic carbocycles. The van der Waals surface area contributed by atoms with Crippen LogP contribution < -0.4 is 15.2 Å². The number of amides is 1. The number of fused-ring (bicyclic) bond motifs is 2. The van der Waals surface area contributed by atoms with E-state index in [2.05, 4.69) is 0 Å². The van der Waals surface area contributed by atoms with E-state index in [1.54, 1.807) is 14.3 Å². The molecule has 1 amide bonds. The molecular weight excluding hydrogens is 370 g/mol. The monoisotopic (exact) mass is 389 g/mol. The first kappa shape index (κ1) is 16.9. The summed E-state index contributed by atoms with van der Waals surface area (Å²) in [6.45, 7) is 2.78. The summed E-state index contributed by atoms with van der Waals surface area (Å²) in [5, 5.41) is 0.405. The number of nitrogens with zero attached hydrogens (tertiary/aromatic N) is 3. The Balaban J connectivity index is 1.60. The molecule has 2 aliphatic heterocycles.